The number of aliphatic hydroxyl groups is 1. The third-order valence-corrected chi connectivity index (χ3v) is 4.92. The van der Waals surface area contributed by atoms with E-state index in [0.29, 0.717) is 6.61 Å². The number of aliphatic hydroxyl groups excluding tert-OH is 1. The molecule has 5 nitrogen and oxygen atoms in total. The van der Waals surface area contributed by atoms with Crippen LogP contribution in [0.4, 0.5) is 11.4 Å². The largest absolute Gasteiger partial charge is 0.493 e. The van der Waals surface area contributed by atoms with Gasteiger partial charge in [0.05, 0.1) is 24.6 Å². The number of para-hydroxylation sites is 3. The van der Waals surface area contributed by atoms with Crippen LogP contribution in [0.5, 0.6) is 5.75 Å². The number of unbranched alkanes of at least 4 members (excludes halogenated alkanes) is 1. The maximum Gasteiger partial charge on any atom is 0.124 e. The number of anilines is 2. The van der Waals surface area contributed by atoms with Crippen molar-refractivity contribution in [1.82, 2.24) is 4.90 Å². The van der Waals surface area contributed by atoms with Crippen LogP contribution in [0.15, 0.2) is 48.5 Å². The van der Waals surface area contributed by atoms with E-state index < -0.39 is 0 Å². The molecule has 1 saturated heterocycles. The Morgan fingerprint density at radius 1 is 0.923 bits per heavy atom. The van der Waals surface area contributed by atoms with Gasteiger partial charge in [0, 0.05) is 31.7 Å². The maximum absolute atomic E-state index is 9.31. The van der Waals surface area contributed by atoms with Crippen LogP contribution >= 0.6 is 0 Å². The molecule has 140 valence electrons. The monoisotopic (exact) mass is 355 g/mol. The number of nitrogen functional groups attached to an aromatic ring is 1. The lowest BCUT2D eigenvalue weighted by molar-refractivity contribution is 0.234. The second-order valence-electron chi connectivity index (χ2n) is 6.71. The topological polar surface area (TPSA) is 62.0 Å². The van der Waals surface area contributed by atoms with Gasteiger partial charge in [0.25, 0.3) is 0 Å². The first-order chi connectivity index (χ1) is 12.8. The summed E-state index contributed by atoms with van der Waals surface area (Å²) >= 11 is 0. The van der Waals surface area contributed by atoms with Crippen molar-refractivity contribution in [3.8, 4) is 5.75 Å². The van der Waals surface area contributed by atoms with E-state index in [0.717, 1.165) is 68.3 Å². The van der Waals surface area contributed by atoms with Crippen LogP contribution in [0.1, 0.15) is 18.4 Å². The Kier molecular flexibility index (Phi) is 6.75. The third-order valence-electron chi connectivity index (χ3n) is 4.92. The molecule has 0 atom stereocenters. The second kappa shape index (κ2) is 9.46. The van der Waals surface area contributed by atoms with Crippen LogP contribution in [-0.4, -0.2) is 49.3 Å². The predicted molar refractivity (Wildman–Crippen MR) is 107 cm³/mol. The summed E-state index contributed by atoms with van der Waals surface area (Å²) in [7, 11) is 0. The standard InChI is InChI=1S/C21H29N3O2/c22-19-8-2-3-9-20(19)24-14-12-23(13-15-24)11-5-6-16-26-21-10-4-1-7-18(21)17-25/h1-4,7-10,25H,5-6,11-17,22H2. The first-order valence-electron chi connectivity index (χ1n) is 9.41. The maximum atomic E-state index is 9.31. The zero-order valence-corrected chi connectivity index (χ0v) is 15.3. The lowest BCUT2D eigenvalue weighted by atomic mass is 10.2. The molecule has 2 aromatic carbocycles. The molecule has 0 radical (unpaired) electrons. The molecule has 5 heteroatoms. The van der Waals surface area contributed by atoms with E-state index in [2.05, 4.69) is 15.9 Å². The van der Waals surface area contributed by atoms with Gasteiger partial charge in [-0.05, 0) is 37.6 Å². The molecule has 0 aromatic heterocycles. The normalized spacial score (nSPS) is 15.2. The molecule has 1 heterocycles. The molecule has 0 saturated carbocycles. The van der Waals surface area contributed by atoms with E-state index in [-0.39, 0.29) is 6.61 Å². The molecule has 0 unspecified atom stereocenters. The Morgan fingerprint density at radius 3 is 2.42 bits per heavy atom. The van der Waals surface area contributed by atoms with Gasteiger partial charge in [-0.1, -0.05) is 30.3 Å². The van der Waals surface area contributed by atoms with Crippen molar-refractivity contribution in [2.75, 3.05) is 50.0 Å². The predicted octanol–water partition coefficient (Wildman–Crippen LogP) is 2.74. The fraction of sp³-hybridized carbons (Fsp3) is 0.429. The Labute approximate surface area is 156 Å². The van der Waals surface area contributed by atoms with Crippen LogP contribution in [0.2, 0.25) is 0 Å². The molecule has 0 aliphatic carbocycles. The third kappa shape index (κ3) is 4.90. The first kappa shape index (κ1) is 18.5. The van der Waals surface area contributed by atoms with Crippen molar-refractivity contribution in [2.45, 2.75) is 19.4 Å². The number of ether oxygens (including phenoxy) is 1. The first-order valence-corrected chi connectivity index (χ1v) is 9.41. The van der Waals surface area contributed by atoms with E-state index in [1.807, 2.05) is 42.5 Å². The minimum atomic E-state index is 0.0202. The van der Waals surface area contributed by atoms with Crippen molar-refractivity contribution < 1.29 is 9.84 Å². The van der Waals surface area contributed by atoms with Crippen molar-refractivity contribution in [3.63, 3.8) is 0 Å². The molecule has 0 spiro atoms. The number of piperazine rings is 1. The van der Waals surface area contributed by atoms with E-state index in [4.69, 9.17) is 10.5 Å². The van der Waals surface area contributed by atoms with E-state index in [1.54, 1.807) is 0 Å². The Bertz CT molecular complexity index is 684. The summed E-state index contributed by atoms with van der Waals surface area (Å²) in [5.41, 5.74) is 8.95. The highest BCUT2D eigenvalue weighted by Gasteiger charge is 2.17. The van der Waals surface area contributed by atoms with E-state index in [9.17, 15) is 5.11 Å². The molecule has 3 N–H and O–H groups in total. The van der Waals surface area contributed by atoms with Gasteiger partial charge in [0.15, 0.2) is 0 Å². The molecule has 2 aromatic rings. The molecule has 1 aliphatic heterocycles. The summed E-state index contributed by atoms with van der Waals surface area (Å²) < 4.78 is 5.80. The summed E-state index contributed by atoms with van der Waals surface area (Å²) in [6, 6.07) is 15.8. The SMILES string of the molecule is Nc1ccccc1N1CCN(CCCCOc2ccccc2CO)CC1. The summed E-state index contributed by atoms with van der Waals surface area (Å²) in [6.45, 7) is 6.00. The Morgan fingerprint density at radius 2 is 1.65 bits per heavy atom. The molecular weight excluding hydrogens is 326 g/mol. The Balaban J connectivity index is 1.34. The minimum absolute atomic E-state index is 0.0202. The lowest BCUT2D eigenvalue weighted by Gasteiger charge is -2.36. The average molecular weight is 355 g/mol. The van der Waals surface area contributed by atoms with E-state index in [1.165, 1.54) is 0 Å². The number of nitrogens with two attached hydrogens (primary N) is 1. The van der Waals surface area contributed by atoms with Gasteiger partial charge in [-0.25, -0.2) is 0 Å². The molecule has 3 rings (SSSR count). The van der Waals surface area contributed by atoms with Gasteiger partial charge in [-0.3, -0.25) is 4.90 Å². The fourth-order valence-electron chi connectivity index (χ4n) is 3.38. The quantitative estimate of drug-likeness (QED) is 0.563. The highest BCUT2D eigenvalue weighted by molar-refractivity contribution is 5.67. The average Bonchev–Trinajstić information content (AvgIpc) is 2.69. The van der Waals surface area contributed by atoms with Gasteiger partial charge >= 0.3 is 0 Å². The Hall–Kier alpha value is -2.24. The van der Waals surface area contributed by atoms with Crippen molar-refractivity contribution >= 4 is 11.4 Å². The summed E-state index contributed by atoms with van der Waals surface area (Å²) in [5, 5.41) is 9.31. The molecule has 0 amide bonds. The van der Waals surface area contributed by atoms with Crippen LogP contribution in [0, 0.1) is 0 Å². The lowest BCUT2D eigenvalue weighted by Crippen LogP contribution is -2.46. The van der Waals surface area contributed by atoms with Crippen LogP contribution < -0.4 is 15.4 Å². The van der Waals surface area contributed by atoms with E-state index >= 15 is 0 Å². The molecular formula is C21H29N3O2. The summed E-state index contributed by atoms with van der Waals surface area (Å²) in [5.74, 6) is 0.795. The van der Waals surface area contributed by atoms with Gasteiger partial charge in [-0.15, -0.1) is 0 Å². The smallest absolute Gasteiger partial charge is 0.124 e. The number of hydrogen-bond acceptors (Lipinski definition) is 5. The van der Waals surface area contributed by atoms with Crippen LogP contribution in [0.25, 0.3) is 0 Å². The zero-order valence-electron chi connectivity index (χ0n) is 15.3. The molecule has 1 fully saturated rings. The highest BCUT2D eigenvalue weighted by Crippen LogP contribution is 2.23. The summed E-state index contributed by atoms with van der Waals surface area (Å²) in [6.07, 6.45) is 2.14. The fourth-order valence-corrected chi connectivity index (χ4v) is 3.38. The minimum Gasteiger partial charge on any atom is -0.493 e. The number of rotatable bonds is 8. The second-order valence-corrected chi connectivity index (χ2v) is 6.71. The van der Waals surface area contributed by atoms with Crippen molar-refractivity contribution in [2.24, 2.45) is 0 Å². The number of nitrogens with zero attached hydrogens (tertiary/aromatic N) is 2. The molecule has 26 heavy (non-hydrogen) atoms. The number of benzene rings is 2. The highest BCUT2D eigenvalue weighted by atomic mass is 16.5. The zero-order chi connectivity index (χ0) is 18.2. The van der Waals surface area contributed by atoms with Crippen molar-refractivity contribution in [3.05, 3.63) is 54.1 Å². The van der Waals surface area contributed by atoms with Crippen molar-refractivity contribution in [1.29, 1.82) is 0 Å². The van der Waals surface area contributed by atoms with Gasteiger partial charge in [-0.2, -0.15) is 0 Å². The van der Waals surface area contributed by atoms with Crippen LogP contribution in [0.3, 0.4) is 0 Å². The van der Waals surface area contributed by atoms with Gasteiger partial charge < -0.3 is 20.5 Å². The molecule has 1 aliphatic rings. The van der Waals surface area contributed by atoms with Gasteiger partial charge in [0.1, 0.15) is 5.75 Å². The number of hydrogen-bond donors (Lipinski definition) is 2. The molecule has 0 bridgehead atoms. The summed E-state index contributed by atoms with van der Waals surface area (Å²) in [4.78, 5) is 4.89. The van der Waals surface area contributed by atoms with Crippen LogP contribution in [-0.2, 0) is 6.61 Å². The van der Waals surface area contributed by atoms with Gasteiger partial charge in [0.2, 0.25) is 0 Å².